The quantitative estimate of drug-likeness (QED) is 0.413. The number of primary amides is 1. The van der Waals surface area contributed by atoms with Crippen molar-refractivity contribution in [2.24, 2.45) is 10.8 Å². The van der Waals surface area contributed by atoms with E-state index in [1.807, 2.05) is 35.2 Å². The number of amides is 1. The highest BCUT2D eigenvalue weighted by molar-refractivity contribution is 6.25. The molecule has 0 aliphatic heterocycles. The molecule has 1 aromatic carbocycles. The molecule has 0 saturated heterocycles. The van der Waals surface area contributed by atoms with Gasteiger partial charge in [-0.15, -0.1) is 12.8 Å². The Morgan fingerprint density at radius 3 is 2.50 bits per heavy atom. The number of nitrogens with zero attached hydrogens (tertiary/aromatic N) is 5. The van der Waals surface area contributed by atoms with Crippen molar-refractivity contribution in [3.63, 3.8) is 0 Å². The maximum Gasteiger partial charge on any atom is 0.261 e. The van der Waals surface area contributed by atoms with Gasteiger partial charge in [0.25, 0.3) is 5.91 Å². The van der Waals surface area contributed by atoms with Crippen LogP contribution >= 0.6 is 0 Å². The molecule has 8 heteroatoms. The van der Waals surface area contributed by atoms with Crippen molar-refractivity contribution >= 4 is 35.1 Å². The number of hydrazone groups is 1. The Bertz CT molecular complexity index is 1060. The Labute approximate surface area is 175 Å². The lowest BCUT2D eigenvalue weighted by atomic mass is 10.0. The third-order valence-electron chi connectivity index (χ3n) is 4.43. The van der Waals surface area contributed by atoms with Gasteiger partial charge in [-0.05, 0) is 42.7 Å². The van der Waals surface area contributed by atoms with Crippen LogP contribution in [0.5, 0.6) is 0 Å². The van der Waals surface area contributed by atoms with E-state index in [1.54, 1.807) is 11.2 Å². The second-order valence-corrected chi connectivity index (χ2v) is 6.47. The van der Waals surface area contributed by atoms with E-state index in [0.29, 0.717) is 30.2 Å². The number of carbonyl (C=O) groups excluding carboxylic acids is 1. The molecule has 1 amide bonds. The number of aryl methyl sites for hydroxylation is 1. The minimum Gasteiger partial charge on any atom is -0.368 e. The van der Waals surface area contributed by atoms with E-state index >= 15 is 0 Å². The number of anilines is 3. The number of nitrogen functional groups attached to an aromatic ring is 1. The SMILES string of the molecule is C#CCN(CC#C)c1ccc(N(/N=C/C(N)=O)C2=CCCc3cnc(N)nc32)cc1. The summed E-state index contributed by atoms with van der Waals surface area (Å²) in [6.07, 6.45) is 17.2. The lowest BCUT2D eigenvalue weighted by Gasteiger charge is -2.26. The van der Waals surface area contributed by atoms with Gasteiger partial charge in [0.05, 0.1) is 30.2 Å². The Kier molecular flexibility index (Phi) is 6.31. The number of hydrogen-bond acceptors (Lipinski definition) is 7. The van der Waals surface area contributed by atoms with Gasteiger partial charge in [0.1, 0.15) is 6.21 Å². The van der Waals surface area contributed by atoms with Crippen molar-refractivity contribution in [1.82, 2.24) is 9.97 Å². The minimum atomic E-state index is -0.662. The lowest BCUT2D eigenvalue weighted by molar-refractivity contribution is -0.111. The normalized spacial score (nSPS) is 12.4. The van der Waals surface area contributed by atoms with Gasteiger partial charge < -0.3 is 16.4 Å². The van der Waals surface area contributed by atoms with Crippen molar-refractivity contribution < 1.29 is 4.79 Å². The van der Waals surface area contributed by atoms with Crippen molar-refractivity contribution in [2.45, 2.75) is 12.8 Å². The van der Waals surface area contributed by atoms with Gasteiger partial charge in [-0.2, -0.15) is 5.10 Å². The van der Waals surface area contributed by atoms with Crippen LogP contribution in [-0.2, 0) is 11.2 Å². The van der Waals surface area contributed by atoms with Crippen LogP contribution in [0.25, 0.3) is 5.70 Å². The van der Waals surface area contributed by atoms with Crippen LogP contribution in [0, 0.1) is 24.7 Å². The molecule has 150 valence electrons. The van der Waals surface area contributed by atoms with Crippen molar-refractivity contribution in [3.05, 3.63) is 47.8 Å². The van der Waals surface area contributed by atoms with Gasteiger partial charge in [0.2, 0.25) is 5.95 Å². The smallest absolute Gasteiger partial charge is 0.261 e. The summed E-state index contributed by atoms with van der Waals surface area (Å²) < 4.78 is 0. The molecule has 0 atom stereocenters. The summed E-state index contributed by atoms with van der Waals surface area (Å²) in [5.74, 6) is 4.70. The van der Waals surface area contributed by atoms with Gasteiger partial charge in [0.15, 0.2) is 0 Å². The molecule has 0 spiro atoms. The van der Waals surface area contributed by atoms with Crippen LogP contribution in [0.15, 0.2) is 41.6 Å². The largest absolute Gasteiger partial charge is 0.368 e. The molecular formula is C22H21N7O. The fraction of sp³-hybridized carbons (Fsp3) is 0.182. The third kappa shape index (κ3) is 4.57. The van der Waals surface area contributed by atoms with Crippen LogP contribution in [0.3, 0.4) is 0 Å². The summed E-state index contributed by atoms with van der Waals surface area (Å²) >= 11 is 0. The van der Waals surface area contributed by atoms with Crippen molar-refractivity contribution in [3.8, 4) is 24.7 Å². The molecule has 3 rings (SSSR count). The molecule has 30 heavy (non-hydrogen) atoms. The monoisotopic (exact) mass is 399 g/mol. The standard InChI is InChI=1S/C22H21N7O/c1-3-12-28(13-4-2)17-8-10-18(11-9-17)29(26-15-20(23)30)19-7-5-6-16-14-25-22(24)27-21(16)19/h1-2,7-11,14-15H,5-6,12-13H2,(H2,23,30)(H2,24,25,27)/b26-15+. The number of allylic oxidation sites excluding steroid dienone is 1. The van der Waals surface area contributed by atoms with E-state index in [9.17, 15) is 4.79 Å². The molecule has 1 heterocycles. The zero-order chi connectivity index (χ0) is 21.5. The zero-order valence-electron chi connectivity index (χ0n) is 16.3. The van der Waals surface area contributed by atoms with Crippen molar-refractivity contribution in [1.29, 1.82) is 0 Å². The fourth-order valence-electron chi connectivity index (χ4n) is 3.12. The number of rotatable bonds is 7. The number of terminal acetylenes is 2. The molecule has 0 radical (unpaired) electrons. The predicted octanol–water partition coefficient (Wildman–Crippen LogP) is 1.40. The molecule has 2 aromatic rings. The first-order valence-electron chi connectivity index (χ1n) is 9.21. The number of nitrogens with two attached hydrogens (primary N) is 2. The van der Waals surface area contributed by atoms with Crippen LogP contribution in [0.4, 0.5) is 17.3 Å². The summed E-state index contributed by atoms with van der Waals surface area (Å²) in [5.41, 5.74) is 15.0. The fourth-order valence-corrected chi connectivity index (χ4v) is 3.12. The average molecular weight is 399 g/mol. The summed E-state index contributed by atoms with van der Waals surface area (Å²) in [4.78, 5) is 21.7. The molecule has 0 bridgehead atoms. The van der Waals surface area contributed by atoms with Gasteiger partial charge in [-0.3, -0.25) is 4.79 Å². The Hall–Kier alpha value is -4.30. The highest BCUT2D eigenvalue weighted by atomic mass is 16.1. The molecule has 0 unspecified atom stereocenters. The molecule has 1 aliphatic rings. The van der Waals surface area contributed by atoms with Gasteiger partial charge in [0, 0.05) is 11.9 Å². The highest BCUT2D eigenvalue weighted by Gasteiger charge is 2.22. The summed E-state index contributed by atoms with van der Waals surface area (Å²) in [7, 11) is 0. The average Bonchev–Trinajstić information content (AvgIpc) is 2.74. The number of carbonyl (C=O) groups is 1. The van der Waals surface area contributed by atoms with E-state index < -0.39 is 5.91 Å². The first-order valence-corrected chi connectivity index (χ1v) is 9.21. The Morgan fingerprint density at radius 1 is 1.20 bits per heavy atom. The molecular weight excluding hydrogens is 378 g/mol. The van der Waals surface area contributed by atoms with Crippen molar-refractivity contribution in [2.75, 3.05) is 28.7 Å². The first kappa shape index (κ1) is 20.4. The number of benzene rings is 1. The number of aromatic nitrogens is 2. The molecule has 1 aliphatic carbocycles. The van der Waals surface area contributed by atoms with Crippen LogP contribution < -0.4 is 21.4 Å². The second-order valence-electron chi connectivity index (χ2n) is 6.47. The Morgan fingerprint density at radius 2 is 1.87 bits per heavy atom. The molecule has 0 saturated carbocycles. The maximum atomic E-state index is 11.3. The van der Waals surface area contributed by atoms with E-state index in [2.05, 4.69) is 26.9 Å². The van der Waals surface area contributed by atoms with Crippen LogP contribution in [0.1, 0.15) is 17.7 Å². The molecule has 1 aromatic heterocycles. The third-order valence-corrected chi connectivity index (χ3v) is 4.43. The highest BCUT2D eigenvalue weighted by Crippen LogP contribution is 2.32. The van der Waals surface area contributed by atoms with E-state index in [-0.39, 0.29) is 5.95 Å². The van der Waals surface area contributed by atoms with Crippen LogP contribution in [0.2, 0.25) is 0 Å². The minimum absolute atomic E-state index is 0.162. The first-order chi connectivity index (χ1) is 14.5. The van der Waals surface area contributed by atoms with Gasteiger partial charge in [-0.1, -0.05) is 17.9 Å². The topological polar surface area (TPSA) is 114 Å². The summed E-state index contributed by atoms with van der Waals surface area (Å²) in [6.45, 7) is 0.781. The van der Waals surface area contributed by atoms with Gasteiger partial charge in [-0.25, -0.2) is 15.0 Å². The lowest BCUT2D eigenvalue weighted by Crippen LogP contribution is -2.24. The molecule has 0 fully saturated rings. The van der Waals surface area contributed by atoms with Gasteiger partial charge >= 0.3 is 0 Å². The summed E-state index contributed by atoms with van der Waals surface area (Å²) in [5, 5.41) is 5.88. The van der Waals surface area contributed by atoms with E-state index in [1.165, 1.54) is 0 Å². The predicted molar refractivity (Wildman–Crippen MR) is 119 cm³/mol. The van der Waals surface area contributed by atoms with Crippen LogP contribution in [-0.4, -0.2) is 35.2 Å². The maximum absolute atomic E-state index is 11.3. The van der Waals surface area contributed by atoms with E-state index in [0.717, 1.165) is 30.3 Å². The van der Waals surface area contributed by atoms with E-state index in [4.69, 9.17) is 24.3 Å². The molecule has 8 nitrogen and oxygen atoms in total. The number of hydrogen-bond donors (Lipinski definition) is 2. The Balaban J connectivity index is 2.01. The second kappa shape index (κ2) is 9.26. The zero-order valence-corrected chi connectivity index (χ0v) is 16.3. The molecule has 4 N–H and O–H groups in total. The summed E-state index contributed by atoms with van der Waals surface area (Å²) in [6, 6.07) is 7.48. The number of fused-ring (bicyclic) bond motifs is 1.